The summed E-state index contributed by atoms with van der Waals surface area (Å²) in [6.45, 7) is 6.11. The van der Waals surface area contributed by atoms with Gasteiger partial charge in [0.15, 0.2) is 6.17 Å². The van der Waals surface area contributed by atoms with Gasteiger partial charge in [0.2, 0.25) is 0 Å². The van der Waals surface area contributed by atoms with E-state index in [-0.39, 0.29) is 25.2 Å². The van der Waals surface area contributed by atoms with E-state index in [0.29, 0.717) is 18.8 Å². The summed E-state index contributed by atoms with van der Waals surface area (Å²) in [5.74, 6) is -1.87. The van der Waals surface area contributed by atoms with Crippen LogP contribution >= 0.6 is 0 Å². The maximum Gasteiger partial charge on any atom is 0.361 e. The molecular formula is C23H36F6O3. The van der Waals surface area contributed by atoms with Crippen molar-refractivity contribution >= 4 is 5.97 Å². The molecule has 9 heteroatoms. The third-order valence-electron chi connectivity index (χ3n) is 6.78. The number of ether oxygens (including phenoxy) is 2. The van der Waals surface area contributed by atoms with E-state index in [4.69, 9.17) is 4.74 Å². The molecule has 5 atom stereocenters. The van der Waals surface area contributed by atoms with Crippen LogP contribution in [0, 0.1) is 17.8 Å². The van der Waals surface area contributed by atoms with Gasteiger partial charge in [-0.25, -0.2) is 17.6 Å². The number of hydrogen-bond acceptors (Lipinski definition) is 3. The fraction of sp³-hybridized carbons (Fsp3) is 0.957. The lowest BCUT2D eigenvalue weighted by molar-refractivity contribution is -0.315. The van der Waals surface area contributed by atoms with Crippen LogP contribution in [0.3, 0.4) is 0 Å². The number of esters is 1. The van der Waals surface area contributed by atoms with Gasteiger partial charge in [-0.05, 0) is 44.4 Å². The minimum absolute atomic E-state index is 0.0631. The molecule has 3 rings (SSSR count). The number of hydrogen-bond donors (Lipinski definition) is 0. The SMILES string of the molecule is CC.CC1CCC(C(=O)OC2CCC(C(F)(F)OC3CC(F)C(F)C(F)C3)C(F)C2)CC1. The van der Waals surface area contributed by atoms with Gasteiger partial charge in [-0.3, -0.25) is 4.79 Å². The van der Waals surface area contributed by atoms with Crippen LogP contribution in [0.15, 0.2) is 0 Å². The smallest absolute Gasteiger partial charge is 0.361 e. The van der Waals surface area contributed by atoms with Crippen molar-refractivity contribution in [3.63, 3.8) is 0 Å². The summed E-state index contributed by atoms with van der Waals surface area (Å²) >= 11 is 0. The van der Waals surface area contributed by atoms with Crippen molar-refractivity contribution in [3.05, 3.63) is 0 Å². The molecule has 3 nitrogen and oxygen atoms in total. The number of carbonyl (C=O) groups is 1. The second-order valence-corrected chi connectivity index (χ2v) is 9.20. The molecule has 3 aliphatic carbocycles. The van der Waals surface area contributed by atoms with Crippen molar-refractivity contribution < 1.29 is 40.6 Å². The van der Waals surface area contributed by atoms with E-state index < -0.39 is 67.7 Å². The van der Waals surface area contributed by atoms with Gasteiger partial charge in [0.05, 0.1) is 17.9 Å². The van der Waals surface area contributed by atoms with Crippen molar-refractivity contribution in [3.8, 4) is 0 Å². The maximum absolute atomic E-state index is 14.5. The maximum atomic E-state index is 14.5. The van der Waals surface area contributed by atoms with Crippen molar-refractivity contribution in [2.24, 2.45) is 17.8 Å². The topological polar surface area (TPSA) is 35.5 Å². The Morgan fingerprint density at radius 2 is 1.31 bits per heavy atom. The van der Waals surface area contributed by atoms with Crippen molar-refractivity contribution in [1.82, 2.24) is 0 Å². The highest BCUT2D eigenvalue weighted by Gasteiger charge is 2.52. The summed E-state index contributed by atoms with van der Waals surface area (Å²) in [6, 6.07) is 0. The molecule has 3 fully saturated rings. The molecule has 0 N–H and O–H groups in total. The molecule has 3 saturated carbocycles. The van der Waals surface area contributed by atoms with Crippen LogP contribution in [-0.4, -0.2) is 49.0 Å². The fourth-order valence-electron chi connectivity index (χ4n) is 4.81. The monoisotopic (exact) mass is 474 g/mol. The molecular weight excluding hydrogens is 438 g/mol. The third kappa shape index (κ3) is 7.00. The fourth-order valence-corrected chi connectivity index (χ4v) is 4.81. The molecule has 3 aliphatic rings. The highest BCUT2D eigenvalue weighted by atomic mass is 19.3. The molecule has 188 valence electrons. The van der Waals surface area contributed by atoms with Crippen LogP contribution in [0.5, 0.6) is 0 Å². The number of alkyl halides is 6. The van der Waals surface area contributed by atoms with Crippen LogP contribution in [-0.2, 0) is 14.3 Å². The van der Waals surface area contributed by atoms with Crippen molar-refractivity contribution in [2.45, 2.75) is 122 Å². The van der Waals surface area contributed by atoms with Gasteiger partial charge in [-0.1, -0.05) is 20.8 Å². The molecule has 0 radical (unpaired) electrons. The molecule has 0 aromatic carbocycles. The van der Waals surface area contributed by atoms with Gasteiger partial charge in [0.25, 0.3) is 0 Å². The van der Waals surface area contributed by atoms with Gasteiger partial charge < -0.3 is 9.47 Å². The van der Waals surface area contributed by atoms with Crippen LogP contribution in [0.1, 0.15) is 78.6 Å². The lowest BCUT2D eigenvalue weighted by Gasteiger charge is -2.39. The first-order chi connectivity index (χ1) is 15.1. The van der Waals surface area contributed by atoms with E-state index >= 15 is 0 Å². The summed E-state index contributed by atoms with van der Waals surface area (Å²) in [6.07, 6.45) is -13.7. The molecule has 0 aromatic heterocycles. The minimum Gasteiger partial charge on any atom is -0.462 e. The van der Waals surface area contributed by atoms with E-state index in [1.165, 1.54) is 0 Å². The molecule has 0 bridgehead atoms. The molecule has 0 aromatic rings. The van der Waals surface area contributed by atoms with E-state index in [9.17, 15) is 31.1 Å². The summed E-state index contributed by atoms with van der Waals surface area (Å²) in [5, 5.41) is 0. The Labute approximate surface area is 186 Å². The number of halogens is 6. The highest BCUT2D eigenvalue weighted by molar-refractivity contribution is 5.72. The lowest BCUT2D eigenvalue weighted by atomic mass is 9.82. The van der Waals surface area contributed by atoms with Gasteiger partial charge in [0, 0.05) is 19.3 Å². The second-order valence-electron chi connectivity index (χ2n) is 9.20. The molecule has 0 amide bonds. The van der Waals surface area contributed by atoms with Gasteiger partial charge in [0.1, 0.15) is 24.6 Å². The highest BCUT2D eigenvalue weighted by Crippen LogP contribution is 2.43. The Hall–Kier alpha value is -0.990. The Morgan fingerprint density at radius 3 is 1.84 bits per heavy atom. The average molecular weight is 475 g/mol. The largest absolute Gasteiger partial charge is 0.462 e. The van der Waals surface area contributed by atoms with Crippen molar-refractivity contribution in [1.29, 1.82) is 0 Å². The number of carbonyl (C=O) groups excluding carboxylic acids is 1. The van der Waals surface area contributed by atoms with Crippen LogP contribution in [0.4, 0.5) is 26.3 Å². The first-order valence-electron chi connectivity index (χ1n) is 11.9. The first kappa shape index (κ1) is 27.3. The molecule has 0 saturated heterocycles. The van der Waals surface area contributed by atoms with Crippen LogP contribution in [0.25, 0.3) is 0 Å². The zero-order valence-corrected chi connectivity index (χ0v) is 19.1. The van der Waals surface area contributed by atoms with E-state index in [0.717, 1.165) is 12.8 Å². The lowest BCUT2D eigenvalue weighted by Crippen LogP contribution is -2.48. The molecule has 5 unspecified atom stereocenters. The molecule has 32 heavy (non-hydrogen) atoms. The summed E-state index contributed by atoms with van der Waals surface area (Å²) in [5.41, 5.74) is 0. The summed E-state index contributed by atoms with van der Waals surface area (Å²) in [7, 11) is 0. The average Bonchev–Trinajstić information content (AvgIpc) is 2.73. The van der Waals surface area contributed by atoms with Crippen molar-refractivity contribution in [2.75, 3.05) is 0 Å². The Bertz CT molecular complexity index is 572. The predicted molar refractivity (Wildman–Crippen MR) is 108 cm³/mol. The number of rotatable bonds is 5. The Morgan fingerprint density at radius 1 is 0.781 bits per heavy atom. The first-order valence-corrected chi connectivity index (χ1v) is 11.9. The van der Waals surface area contributed by atoms with E-state index in [2.05, 4.69) is 11.7 Å². The standard InChI is InChI=1S/C21H30F6O3.C2H6/c1-11-2-4-12(5-3-11)20(28)29-13-6-7-15(16(22)8-13)21(26,27)30-14-9-17(23)19(25)18(24)10-14;1-2/h11-19H,2-10H2,1H3;1-2H3. The zero-order chi connectivity index (χ0) is 24.1. The second kappa shape index (κ2) is 11.9. The Kier molecular flexibility index (Phi) is 10.2. The summed E-state index contributed by atoms with van der Waals surface area (Å²) < 4.78 is 93.6. The van der Waals surface area contributed by atoms with Gasteiger partial charge in [-0.15, -0.1) is 0 Å². The van der Waals surface area contributed by atoms with E-state index in [1.807, 2.05) is 13.8 Å². The summed E-state index contributed by atoms with van der Waals surface area (Å²) in [4.78, 5) is 12.3. The Balaban J connectivity index is 0.00000176. The van der Waals surface area contributed by atoms with Crippen LogP contribution in [0.2, 0.25) is 0 Å². The van der Waals surface area contributed by atoms with Gasteiger partial charge >= 0.3 is 12.1 Å². The molecule has 0 spiro atoms. The van der Waals surface area contributed by atoms with Crippen LogP contribution < -0.4 is 0 Å². The van der Waals surface area contributed by atoms with Gasteiger partial charge in [-0.2, -0.15) is 8.78 Å². The van der Waals surface area contributed by atoms with E-state index in [1.54, 1.807) is 0 Å². The third-order valence-corrected chi connectivity index (χ3v) is 6.78. The quantitative estimate of drug-likeness (QED) is 0.330. The normalized spacial score (nSPS) is 40.7. The predicted octanol–water partition coefficient (Wildman–Crippen LogP) is 6.68. The minimum atomic E-state index is -3.94. The molecule has 0 heterocycles. The zero-order valence-electron chi connectivity index (χ0n) is 19.1. The molecule has 0 aliphatic heterocycles.